The standard InChI is InChI=1S/C30H35NO5/c1-20-22(28(34)24-17-12-11-16-23(24)27(20)33)15-9-6-10-18-26(32)31-25(29(35)36-30(2,3)4)19-21-13-7-5-8-14-21/h5,7-8,11-14,16-17,25H,6,9-10,15,18-19H2,1-4H3,(H,31,32)/t25-/m0/s1. The molecule has 0 saturated carbocycles. The molecule has 190 valence electrons. The van der Waals surface area contributed by atoms with Gasteiger partial charge in [0.05, 0.1) is 0 Å². The molecule has 0 aliphatic heterocycles. The quantitative estimate of drug-likeness (QED) is 0.356. The molecule has 1 aliphatic rings. The molecule has 1 atom stereocenters. The zero-order chi connectivity index (χ0) is 26.3. The van der Waals surface area contributed by atoms with Crippen molar-refractivity contribution in [3.8, 4) is 0 Å². The second kappa shape index (κ2) is 11.9. The van der Waals surface area contributed by atoms with Crippen LogP contribution in [0.25, 0.3) is 0 Å². The van der Waals surface area contributed by atoms with Crippen LogP contribution in [-0.4, -0.2) is 35.1 Å². The summed E-state index contributed by atoms with van der Waals surface area (Å²) in [7, 11) is 0. The van der Waals surface area contributed by atoms with Gasteiger partial charge in [-0.3, -0.25) is 14.4 Å². The summed E-state index contributed by atoms with van der Waals surface area (Å²) in [6.07, 6.45) is 3.16. The summed E-state index contributed by atoms with van der Waals surface area (Å²) in [6.45, 7) is 7.11. The van der Waals surface area contributed by atoms with Crippen LogP contribution >= 0.6 is 0 Å². The predicted octanol–water partition coefficient (Wildman–Crippen LogP) is 5.40. The molecule has 36 heavy (non-hydrogen) atoms. The Morgan fingerprint density at radius 1 is 0.861 bits per heavy atom. The molecule has 0 radical (unpaired) electrons. The molecule has 1 amide bonds. The van der Waals surface area contributed by atoms with Crippen LogP contribution in [0.4, 0.5) is 0 Å². The predicted molar refractivity (Wildman–Crippen MR) is 139 cm³/mol. The normalized spacial score (nSPS) is 14.3. The SMILES string of the molecule is CC1=C(CCCCCC(=O)N[C@@H](Cc2ccccc2)C(=O)OC(C)(C)C)C(=O)c2ccccc2C1=O. The van der Waals surface area contributed by atoms with Gasteiger partial charge in [-0.25, -0.2) is 4.79 Å². The Kier molecular flexibility index (Phi) is 8.97. The highest BCUT2D eigenvalue weighted by atomic mass is 16.6. The monoisotopic (exact) mass is 489 g/mol. The Labute approximate surface area is 213 Å². The van der Waals surface area contributed by atoms with E-state index in [-0.39, 0.29) is 23.9 Å². The zero-order valence-electron chi connectivity index (χ0n) is 21.6. The first-order valence-electron chi connectivity index (χ1n) is 12.5. The van der Waals surface area contributed by atoms with Gasteiger partial charge in [0.15, 0.2) is 11.6 Å². The maximum atomic E-state index is 12.9. The molecule has 0 saturated heterocycles. The number of hydrogen-bond acceptors (Lipinski definition) is 5. The number of fused-ring (bicyclic) bond motifs is 1. The van der Waals surface area contributed by atoms with Crippen LogP contribution in [0, 0.1) is 0 Å². The van der Waals surface area contributed by atoms with Gasteiger partial charge in [-0.15, -0.1) is 0 Å². The Morgan fingerprint density at radius 3 is 2.11 bits per heavy atom. The van der Waals surface area contributed by atoms with Crippen LogP contribution in [0.15, 0.2) is 65.7 Å². The summed E-state index contributed by atoms with van der Waals surface area (Å²) in [4.78, 5) is 50.8. The Morgan fingerprint density at radius 2 is 1.47 bits per heavy atom. The number of unbranched alkanes of at least 4 members (excludes halogenated alkanes) is 2. The van der Waals surface area contributed by atoms with E-state index < -0.39 is 17.6 Å². The lowest BCUT2D eigenvalue weighted by Crippen LogP contribution is -2.45. The van der Waals surface area contributed by atoms with E-state index in [2.05, 4.69) is 5.32 Å². The van der Waals surface area contributed by atoms with Gasteiger partial charge >= 0.3 is 5.97 Å². The highest BCUT2D eigenvalue weighted by Crippen LogP contribution is 2.29. The fourth-order valence-corrected chi connectivity index (χ4v) is 4.30. The van der Waals surface area contributed by atoms with Crippen molar-refractivity contribution >= 4 is 23.4 Å². The number of ether oxygens (including phenoxy) is 1. The highest BCUT2D eigenvalue weighted by Gasteiger charge is 2.29. The van der Waals surface area contributed by atoms with Gasteiger partial charge in [0.2, 0.25) is 5.91 Å². The first-order valence-corrected chi connectivity index (χ1v) is 12.5. The lowest BCUT2D eigenvalue weighted by atomic mass is 9.82. The number of ketones is 2. The van der Waals surface area contributed by atoms with E-state index in [0.717, 1.165) is 12.0 Å². The molecule has 0 aromatic heterocycles. The largest absolute Gasteiger partial charge is 0.458 e. The fraction of sp³-hybridized carbons (Fsp3) is 0.400. The Balaban J connectivity index is 1.51. The molecule has 0 bridgehead atoms. The minimum Gasteiger partial charge on any atom is -0.458 e. The van der Waals surface area contributed by atoms with E-state index >= 15 is 0 Å². The molecule has 6 heteroatoms. The van der Waals surface area contributed by atoms with Crippen LogP contribution < -0.4 is 5.32 Å². The van der Waals surface area contributed by atoms with Crippen LogP contribution in [0.1, 0.15) is 86.1 Å². The first kappa shape index (κ1) is 27.1. The molecule has 1 aliphatic carbocycles. The maximum absolute atomic E-state index is 12.9. The van der Waals surface area contributed by atoms with Crippen molar-refractivity contribution in [2.45, 2.75) is 77.9 Å². The van der Waals surface area contributed by atoms with Gasteiger partial charge in [0.25, 0.3) is 0 Å². The van der Waals surface area contributed by atoms with Crippen molar-refractivity contribution in [3.63, 3.8) is 0 Å². The number of carbonyl (C=O) groups excluding carboxylic acids is 4. The molecule has 0 fully saturated rings. The molecule has 6 nitrogen and oxygen atoms in total. The van der Waals surface area contributed by atoms with Gasteiger partial charge in [0.1, 0.15) is 11.6 Å². The van der Waals surface area contributed by atoms with E-state index in [1.54, 1.807) is 52.0 Å². The van der Waals surface area contributed by atoms with Crippen molar-refractivity contribution in [1.82, 2.24) is 5.32 Å². The summed E-state index contributed by atoms with van der Waals surface area (Å²) in [6, 6.07) is 15.7. The van der Waals surface area contributed by atoms with Crippen molar-refractivity contribution < 1.29 is 23.9 Å². The number of nitrogens with one attached hydrogen (secondary N) is 1. The lowest BCUT2D eigenvalue weighted by Gasteiger charge is -2.24. The maximum Gasteiger partial charge on any atom is 0.329 e. The van der Waals surface area contributed by atoms with Gasteiger partial charge in [-0.05, 0) is 52.5 Å². The van der Waals surface area contributed by atoms with Gasteiger partial charge < -0.3 is 10.1 Å². The number of hydrogen-bond donors (Lipinski definition) is 1. The number of benzene rings is 2. The zero-order valence-corrected chi connectivity index (χ0v) is 21.6. The van der Waals surface area contributed by atoms with Crippen LogP contribution in [-0.2, 0) is 20.7 Å². The minimum atomic E-state index is -0.766. The topological polar surface area (TPSA) is 89.5 Å². The second-order valence-corrected chi connectivity index (χ2v) is 10.2. The van der Waals surface area contributed by atoms with E-state index in [1.165, 1.54) is 0 Å². The van der Waals surface area contributed by atoms with Gasteiger partial charge in [-0.2, -0.15) is 0 Å². The van der Waals surface area contributed by atoms with Crippen molar-refractivity contribution in [2.24, 2.45) is 0 Å². The average molecular weight is 490 g/mol. The van der Waals surface area contributed by atoms with Gasteiger partial charge in [0, 0.05) is 35.1 Å². The minimum absolute atomic E-state index is 0.0819. The molecular weight excluding hydrogens is 454 g/mol. The fourth-order valence-electron chi connectivity index (χ4n) is 4.30. The molecule has 1 N–H and O–H groups in total. The first-order chi connectivity index (χ1) is 17.1. The summed E-state index contributed by atoms with van der Waals surface area (Å²) < 4.78 is 5.52. The molecule has 0 spiro atoms. The number of rotatable bonds is 10. The number of carbonyl (C=O) groups is 4. The Hall–Kier alpha value is -3.54. The smallest absolute Gasteiger partial charge is 0.329 e. The molecule has 2 aromatic rings. The highest BCUT2D eigenvalue weighted by molar-refractivity contribution is 6.26. The summed E-state index contributed by atoms with van der Waals surface area (Å²) in [5.41, 5.74) is 2.30. The van der Waals surface area contributed by atoms with E-state index in [1.807, 2.05) is 30.3 Å². The van der Waals surface area contributed by atoms with E-state index in [4.69, 9.17) is 4.74 Å². The average Bonchev–Trinajstić information content (AvgIpc) is 2.83. The third kappa shape index (κ3) is 7.23. The molecular formula is C30H35NO5. The molecule has 0 unspecified atom stereocenters. The van der Waals surface area contributed by atoms with Crippen molar-refractivity contribution in [1.29, 1.82) is 0 Å². The summed E-state index contributed by atoms with van der Waals surface area (Å²) >= 11 is 0. The van der Waals surface area contributed by atoms with Crippen molar-refractivity contribution in [2.75, 3.05) is 0 Å². The number of amides is 1. The second-order valence-electron chi connectivity index (χ2n) is 10.2. The number of allylic oxidation sites excluding steroid dienone is 2. The van der Waals surface area contributed by atoms with Crippen LogP contribution in [0.2, 0.25) is 0 Å². The van der Waals surface area contributed by atoms with E-state index in [9.17, 15) is 19.2 Å². The van der Waals surface area contributed by atoms with Crippen LogP contribution in [0.5, 0.6) is 0 Å². The van der Waals surface area contributed by atoms with Crippen LogP contribution in [0.3, 0.4) is 0 Å². The lowest BCUT2D eigenvalue weighted by molar-refractivity contribution is -0.158. The Bertz CT molecular complexity index is 1160. The van der Waals surface area contributed by atoms with E-state index in [0.29, 0.717) is 48.0 Å². The van der Waals surface area contributed by atoms with Gasteiger partial charge in [-0.1, -0.05) is 61.0 Å². The molecule has 3 rings (SSSR count). The number of Topliss-reactive ketones (excluding diaryl/α,β-unsaturated/α-hetero) is 2. The molecule has 2 aromatic carbocycles. The third-order valence-corrected chi connectivity index (χ3v) is 6.12. The van der Waals surface area contributed by atoms with Crippen molar-refractivity contribution in [3.05, 3.63) is 82.4 Å². The number of esters is 1. The summed E-state index contributed by atoms with van der Waals surface area (Å²) in [5, 5.41) is 2.84. The molecule has 0 heterocycles. The third-order valence-electron chi connectivity index (χ3n) is 6.12. The summed E-state index contributed by atoms with van der Waals surface area (Å²) in [5.74, 6) is -0.842.